The largest absolute Gasteiger partial charge is 0.528 e. The Morgan fingerprint density at radius 3 is 2.42 bits per heavy atom. The molecule has 1 atom stereocenters. The molecule has 72 valence electrons. The maximum Gasteiger partial charge on any atom is 0.312 e. The molecule has 0 aliphatic rings. The van der Waals surface area contributed by atoms with Crippen LogP contribution in [0, 0.1) is 0 Å². The molecule has 0 saturated carbocycles. The fourth-order valence-corrected chi connectivity index (χ4v) is 2.11. The van der Waals surface area contributed by atoms with E-state index in [0.717, 1.165) is 0 Å². The summed E-state index contributed by atoms with van der Waals surface area (Å²) in [6.45, 7) is 1.72. The second-order valence-electron chi connectivity index (χ2n) is 2.32. The van der Waals surface area contributed by atoms with Crippen LogP contribution in [0.1, 0.15) is 19.8 Å². The Labute approximate surface area is 74.4 Å². The van der Waals surface area contributed by atoms with Crippen LogP contribution in [0.25, 0.3) is 0 Å². The van der Waals surface area contributed by atoms with Crippen LogP contribution in [0.3, 0.4) is 0 Å². The van der Waals surface area contributed by atoms with E-state index in [2.05, 4.69) is 4.43 Å². The zero-order valence-electron chi connectivity index (χ0n) is 6.98. The van der Waals surface area contributed by atoms with Gasteiger partial charge < -0.3 is 4.43 Å². The summed E-state index contributed by atoms with van der Waals surface area (Å²) in [6, 6.07) is 0. The van der Waals surface area contributed by atoms with Crippen molar-refractivity contribution in [1.82, 2.24) is 0 Å². The SMILES string of the molecule is CCCC(C(=O)O[SiH3])S(=O)(=O)O. The Hall–Kier alpha value is -0.403. The first-order valence-electron chi connectivity index (χ1n) is 3.47. The summed E-state index contributed by atoms with van der Waals surface area (Å²) in [4.78, 5) is 10.8. The Balaban J connectivity index is 4.56. The van der Waals surface area contributed by atoms with Crippen molar-refractivity contribution in [1.29, 1.82) is 0 Å². The van der Waals surface area contributed by atoms with E-state index >= 15 is 0 Å². The van der Waals surface area contributed by atoms with Crippen molar-refractivity contribution in [3.05, 3.63) is 0 Å². The Morgan fingerprint density at radius 1 is 1.67 bits per heavy atom. The van der Waals surface area contributed by atoms with Crippen molar-refractivity contribution in [3.8, 4) is 0 Å². The van der Waals surface area contributed by atoms with Gasteiger partial charge in [0.15, 0.2) is 5.25 Å². The van der Waals surface area contributed by atoms with Gasteiger partial charge >= 0.3 is 5.97 Å². The molecule has 0 spiro atoms. The van der Waals surface area contributed by atoms with Gasteiger partial charge in [0.25, 0.3) is 10.1 Å². The standard InChI is InChI=1S/C5H12O5SSi/c1-2-3-4(5(6)10-12)11(7,8)9/h4H,2-3H2,1,12H3,(H,7,8,9). The molecule has 1 N–H and O–H groups in total. The second-order valence-corrected chi connectivity index (χ2v) is 4.32. The highest BCUT2D eigenvalue weighted by atomic mass is 32.2. The number of hydrogen-bond acceptors (Lipinski definition) is 4. The van der Waals surface area contributed by atoms with Crippen LogP contribution in [-0.4, -0.2) is 34.7 Å². The van der Waals surface area contributed by atoms with Gasteiger partial charge in [0.1, 0.15) is 0 Å². The smallest absolute Gasteiger partial charge is 0.312 e. The Kier molecular flexibility index (Phi) is 4.43. The molecule has 0 aromatic carbocycles. The van der Waals surface area contributed by atoms with E-state index in [1.54, 1.807) is 6.92 Å². The number of carbonyl (C=O) groups excluding carboxylic acids is 1. The van der Waals surface area contributed by atoms with Gasteiger partial charge in [-0.3, -0.25) is 9.35 Å². The lowest BCUT2D eigenvalue weighted by atomic mass is 10.2. The van der Waals surface area contributed by atoms with Crippen LogP contribution in [0.5, 0.6) is 0 Å². The van der Waals surface area contributed by atoms with E-state index in [9.17, 15) is 13.2 Å². The maximum atomic E-state index is 10.8. The Bertz CT molecular complexity index is 247. The molecular formula is C5H12O5SSi. The summed E-state index contributed by atoms with van der Waals surface area (Å²) in [5.41, 5.74) is 0. The van der Waals surface area contributed by atoms with Gasteiger partial charge in [-0.25, -0.2) is 0 Å². The molecule has 0 aromatic heterocycles. The van der Waals surface area contributed by atoms with Crippen LogP contribution >= 0.6 is 0 Å². The van der Waals surface area contributed by atoms with Crippen LogP contribution in [-0.2, 0) is 19.3 Å². The quantitative estimate of drug-likeness (QED) is 0.471. The van der Waals surface area contributed by atoms with Crippen molar-refractivity contribution in [2.45, 2.75) is 25.0 Å². The normalized spacial score (nSPS) is 14.2. The van der Waals surface area contributed by atoms with Gasteiger partial charge in [-0.05, 0) is 6.42 Å². The minimum absolute atomic E-state index is 0.0971. The molecule has 0 aliphatic carbocycles. The lowest BCUT2D eigenvalue weighted by Gasteiger charge is -2.09. The van der Waals surface area contributed by atoms with Crippen LogP contribution in [0.15, 0.2) is 0 Å². The fraction of sp³-hybridized carbons (Fsp3) is 0.800. The monoisotopic (exact) mass is 212 g/mol. The molecule has 0 amide bonds. The van der Waals surface area contributed by atoms with Gasteiger partial charge in [-0.2, -0.15) is 8.42 Å². The molecule has 5 nitrogen and oxygen atoms in total. The molecule has 0 rings (SSSR count). The van der Waals surface area contributed by atoms with Crippen molar-refractivity contribution in [2.75, 3.05) is 0 Å². The molecule has 7 heteroatoms. The highest BCUT2D eigenvalue weighted by Gasteiger charge is 2.30. The number of hydrogen-bond donors (Lipinski definition) is 1. The van der Waals surface area contributed by atoms with Gasteiger partial charge in [0.2, 0.25) is 10.5 Å². The lowest BCUT2D eigenvalue weighted by molar-refractivity contribution is -0.133. The van der Waals surface area contributed by atoms with E-state index in [4.69, 9.17) is 4.55 Å². The molecule has 0 aliphatic heterocycles. The van der Waals surface area contributed by atoms with Crippen molar-refractivity contribution in [3.63, 3.8) is 0 Å². The van der Waals surface area contributed by atoms with Gasteiger partial charge in [0.05, 0.1) is 0 Å². The van der Waals surface area contributed by atoms with Gasteiger partial charge in [-0.15, -0.1) is 0 Å². The molecule has 12 heavy (non-hydrogen) atoms. The number of rotatable bonds is 4. The molecule has 1 unspecified atom stereocenters. The van der Waals surface area contributed by atoms with Crippen molar-refractivity contribution < 1.29 is 22.2 Å². The number of carbonyl (C=O) groups is 1. The van der Waals surface area contributed by atoms with E-state index in [1.807, 2.05) is 0 Å². The Morgan fingerprint density at radius 2 is 2.17 bits per heavy atom. The molecule has 0 heterocycles. The van der Waals surface area contributed by atoms with Crippen molar-refractivity contribution >= 4 is 26.6 Å². The summed E-state index contributed by atoms with van der Waals surface area (Å²) in [7, 11) is -4.15. The fourth-order valence-electron chi connectivity index (χ4n) is 0.782. The molecule has 0 bridgehead atoms. The molecule has 0 saturated heterocycles. The van der Waals surface area contributed by atoms with E-state index in [0.29, 0.717) is 6.42 Å². The first kappa shape index (κ1) is 11.6. The summed E-state index contributed by atoms with van der Waals surface area (Å²) >= 11 is 0. The predicted octanol–water partition coefficient (Wildman–Crippen LogP) is -1.13. The minimum atomic E-state index is -4.29. The highest BCUT2D eigenvalue weighted by Crippen LogP contribution is 2.08. The topological polar surface area (TPSA) is 80.7 Å². The van der Waals surface area contributed by atoms with E-state index in [1.165, 1.54) is 0 Å². The lowest BCUT2D eigenvalue weighted by Crippen LogP contribution is -2.31. The average Bonchev–Trinajstić information content (AvgIpc) is 1.96. The summed E-state index contributed by atoms with van der Waals surface area (Å²) in [5.74, 6) is -0.856. The third kappa shape index (κ3) is 3.33. The van der Waals surface area contributed by atoms with E-state index in [-0.39, 0.29) is 16.9 Å². The van der Waals surface area contributed by atoms with Gasteiger partial charge in [0, 0.05) is 0 Å². The third-order valence-electron chi connectivity index (χ3n) is 1.37. The minimum Gasteiger partial charge on any atom is -0.528 e. The highest BCUT2D eigenvalue weighted by molar-refractivity contribution is 7.87. The van der Waals surface area contributed by atoms with Crippen LogP contribution in [0.2, 0.25) is 0 Å². The molecule has 0 aromatic rings. The summed E-state index contributed by atoms with van der Waals surface area (Å²) < 4.78 is 34.1. The average molecular weight is 212 g/mol. The summed E-state index contributed by atoms with van der Waals surface area (Å²) in [5, 5.41) is -1.40. The first-order valence-corrected chi connectivity index (χ1v) is 5.79. The zero-order valence-corrected chi connectivity index (χ0v) is 9.80. The second kappa shape index (κ2) is 4.58. The maximum absolute atomic E-state index is 10.8. The molecule has 0 fully saturated rings. The molecular weight excluding hydrogens is 200 g/mol. The first-order chi connectivity index (χ1) is 5.43. The van der Waals surface area contributed by atoms with Crippen LogP contribution < -0.4 is 0 Å². The zero-order chi connectivity index (χ0) is 9.78. The van der Waals surface area contributed by atoms with E-state index < -0.39 is 21.3 Å². The van der Waals surface area contributed by atoms with Crippen LogP contribution in [0.4, 0.5) is 0 Å². The summed E-state index contributed by atoms with van der Waals surface area (Å²) in [6.07, 6.45) is 0.598. The third-order valence-corrected chi connectivity index (χ3v) is 2.92. The molecule has 0 radical (unpaired) electrons. The predicted molar refractivity (Wildman–Crippen MR) is 46.3 cm³/mol. The van der Waals surface area contributed by atoms with Gasteiger partial charge in [-0.1, -0.05) is 13.3 Å². The van der Waals surface area contributed by atoms with Crippen molar-refractivity contribution in [2.24, 2.45) is 0 Å².